The molecule has 1 aromatic carbocycles. The molecule has 0 aliphatic carbocycles. The number of aromatic amines is 1. The fourth-order valence-corrected chi connectivity index (χ4v) is 3.62. The molecule has 0 aliphatic rings. The fraction of sp³-hybridized carbons (Fsp3) is 0.480. The monoisotopic (exact) mass is 483 g/mol. The number of ketones is 1. The van der Waals surface area contributed by atoms with Gasteiger partial charge in [0.2, 0.25) is 5.91 Å². The van der Waals surface area contributed by atoms with E-state index in [0.717, 1.165) is 31.2 Å². The molecule has 0 saturated heterocycles. The van der Waals surface area contributed by atoms with Crippen LogP contribution in [0, 0.1) is 0 Å². The summed E-state index contributed by atoms with van der Waals surface area (Å²) in [5, 5.41) is 2.80. The zero-order valence-corrected chi connectivity index (χ0v) is 20.6. The number of amides is 1. The van der Waals surface area contributed by atoms with Crippen LogP contribution in [0.15, 0.2) is 29.1 Å². The molecule has 2 heterocycles. The first kappa shape index (κ1) is 26.1. The van der Waals surface area contributed by atoms with Crippen LogP contribution in [0.1, 0.15) is 68.3 Å². The molecule has 10 nitrogen and oxygen atoms in total. The summed E-state index contributed by atoms with van der Waals surface area (Å²) in [6.07, 6.45) is 4.70. The van der Waals surface area contributed by atoms with Gasteiger partial charge in [0.15, 0.2) is 17.2 Å². The Bertz CT molecular complexity index is 1200. The van der Waals surface area contributed by atoms with E-state index < -0.39 is 5.69 Å². The Kier molecular flexibility index (Phi) is 9.54. The molecule has 2 aromatic heterocycles. The van der Waals surface area contributed by atoms with Gasteiger partial charge in [0.1, 0.15) is 12.1 Å². The molecule has 35 heavy (non-hydrogen) atoms. The molecule has 3 rings (SSSR count). The first-order chi connectivity index (χ1) is 17.0. The van der Waals surface area contributed by atoms with Crippen molar-refractivity contribution in [2.75, 3.05) is 25.6 Å². The summed E-state index contributed by atoms with van der Waals surface area (Å²) in [6, 6.07) is 7.15. The van der Waals surface area contributed by atoms with Crippen LogP contribution in [0.4, 0.5) is 5.82 Å². The summed E-state index contributed by atoms with van der Waals surface area (Å²) in [7, 11) is 1.56. The third-order valence-electron chi connectivity index (χ3n) is 5.57. The molecule has 3 aromatic rings. The normalized spacial score (nSPS) is 11.1. The number of unbranched alkanes of at least 4 members (excludes halogenated alkanes) is 3. The molecule has 0 bridgehead atoms. The lowest BCUT2D eigenvalue weighted by molar-refractivity contribution is -0.116. The third-order valence-corrected chi connectivity index (χ3v) is 5.57. The highest BCUT2D eigenvalue weighted by atomic mass is 16.5. The summed E-state index contributed by atoms with van der Waals surface area (Å²) >= 11 is 0. The van der Waals surface area contributed by atoms with Crippen molar-refractivity contribution < 1.29 is 19.1 Å². The molecular weight excluding hydrogens is 450 g/mol. The molecule has 2 N–H and O–H groups in total. The molecular formula is C25H33N5O5. The first-order valence-electron chi connectivity index (χ1n) is 12.0. The number of H-pyrrole nitrogens is 1. The summed E-state index contributed by atoms with van der Waals surface area (Å²) < 4.78 is 12.1. The van der Waals surface area contributed by atoms with E-state index in [1.54, 1.807) is 19.2 Å². The Morgan fingerprint density at radius 3 is 2.51 bits per heavy atom. The maximum Gasteiger partial charge on any atom is 0.328 e. The lowest BCUT2D eigenvalue weighted by Gasteiger charge is -2.10. The Morgan fingerprint density at radius 1 is 1.06 bits per heavy atom. The quantitative estimate of drug-likeness (QED) is 0.264. The van der Waals surface area contributed by atoms with E-state index >= 15 is 0 Å². The van der Waals surface area contributed by atoms with E-state index in [9.17, 15) is 14.4 Å². The molecule has 10 heteroatoms. The second-order valence-corrected chi connectivity index (χ2v) is 8.24. The topological polar surface area (TPSA) is 128 Å². The minimum Gasteiger partial charge on any atom is -0.461 e. The van der Waals surface area contributed by atoms with Crippen molar-refractivity contribution in [1.82, 2.24) is 19.5 Å². The fourth-order valence-electron chi connectivity index (χ4n) is 3.62. The molecule has 0 saturated carbocycles. The van der Waals surface area contributed by atoms with Gasteiger partial charge in [0.25, 0.3) is 0 Å². The van der Waals surface area contributed by atoms with Crippen molar-refractivity contribution in [2.24, 2.45) is 0 Å². The van der Waals surface area contributed by atoms with E-state index in [1.165, 1.54) is 4.57 Å². The van der Waals surface area contributed by atoms with Crippen LogP contribution < -0.4 is 15.7 Å². The average Bonchev–Trinajstić information content (AvgIpc) is 3.17. The molecule has 0 fully saturated rings. The highest BCUT2D eigenvalue weighted by Crippen LogP contribution is 2.22. The zero-order chi connectivity index (χ0) is 25.2. The van der Waals surface area contributed by atoms with Crippen molar-refractivity contribution in [3.8, 4) is 6.01 Å². The second kappa shape index (κ2) is 12.8. The molecule has 0 atom stereocenters. The van der Waals surface area contributed by atoms with Crippen LogP contribution in [-0.4, -0.2) is 51.5 Å². The van der Waals surface area contributed by atoms with Gasteiger partial charge in [-0.3, -0.25) is 14.2 Å². The first-order valence-corrected chi connectivity index (χ1v) is 12.0. The number of Topliss-reactive ketones (excluding diaryl/α,β-unsaturated/α-hetero) is 1. The van der Waals surface area contributed by atoms with Gasteiger partial charge in [-0.05, 0) is 12.0 Å². The van der Waals surface area contributed by atoms with Gasteiger partial charge in [-0.2, -0.15) is 9.97 Å². The van der Waals surface area contributed by atoms with Crippen LogP contribution in [-0.2, 0) is 16.1 Å². The number of carbonyl (C=O) groups is 2. The summed E-state index contributed by atoms with van der Waals surface area (Å²) in [5.41, 5.74) is 1.70. The third kappa shape index (κ3) is 6.98. The largest absolute Gasteiger partial charge is 0.461 e. The Hall–Kier alpha value is -3.53. The zero-order valence-electron chi connectivity index (χ0n) is 20.6. The summed E-state index contributed by atoms with van der Waals surface area (Å²) in [4.78, 5) is 48.8. The molecule has 188 valence electrons. The van der Waals surface area contributed by atoms with Crippen LogP contribution in [0.5, 0.6) is 6.01 Å². The maximum absolute atomic E-state index is 12.8. The number of benzene rings is 1. The van der Waals surface area contributed by atoms with Crippen LogP contribution in [0.25, 0.3) is 11.2 Å². The second-order valence-electron chi connectivity index (χ2n) is 8.24. The number of ether oxygens (including phenoxy) is 2. The van der Waals surface area contributed by atoms with E-state index in [0.29, 0.717) is 36.2 Å². The number of rotatable bonds is 14. The van der Waals surface area contributed by atoms with Gasteiger partial charge in [0, 0.05) is 25.5 Å². The van der Waals surface area contributed by atoms with Gasteiger partial charge in [-0.25, -0.2) is 4.79 Å². The number of hydrogen-bond donors (Lipinski definition) is 2. The lowest BCUT2D eigenvalue weighted by atomic mass is 10.1. The summed E-state index contributed by atoms with van der Waals surface area (Å²) in [5.74, 6) is 0.0675. The van der Waals surface area contributed by atoms with Crippen LogP contribution in [0.2, 0.25) is 0 Å². The standard InChI is InChI=1S/C25H33N5O5/c1-4-6-7-8-9-20(32)26-22-21-23(29-24(28-22)35-15-14-34-3)30(25(33)27-21)16-17-10-12-18(13-11-17)19(31)5-2/h10-13H,4-9,14-16H2,1-3H3,(H,27,33)(H,26,28,29,32). The summed E-state index contributed by atoms with van der Waals surface area (Å²) in [6.45, 7) is 4.70. The van der Waals surface area contributed by atoms with E-state index in [1.807, 2.05) is 19.1 Å². The van der Waals surface area contributed by atoms with Crippen LogP contribution in [0.3, 0.4) is 0 Å². The van der Waals surface area contributed by atoms with Crippen molar-refractivity contribution in [3.63, 3.8) is 0 Å². The van der Waals surface area contributed by atoms with Crippen LogP contribution >= 0.6 is 0 Å². The average molecular weight is 484 g/mol. The maximum atomic E-state index is 12.8. The molecule has 0 aliphatic heterocycles. The minimum atomic E-state index is -0.393. The molecule has 1 amide bonds. The number of methoxy groups -OCH3 is 1. The Morgan fingerprint density at radius 2 is 1.83 bits per heavy atom. The Balaban J connectivity index is 1.90. The number of anilines is 1. The lowest BCUT2D eigenvalue weighted by Crippen LogP contribution is -2.18. The van der Waals surface area contributed by atoms with E-state index in [2.05, 4.69) is 27.2 Å². The smallest absolute Gasteiger partial charge is 0.328 e. The SMILES string of the molecule is CCCCCCC(=O)Nc1nc(OCCOC)nc2c1[nH]c(=O)n2Cc1ccc(C(=O)CC)cc1. The van der Waals surface area contributed by atoms with Crippen molar-refractivity contribution in [3.05, 3.63) is 45.9 Å². The number of nitrogens with zero attached hydrogens (tertiary/aromatic N) is 3. The molecule has 0 radical (unpaired) electrons. The van der Waals surface area contributed by atoms with Gasteiger partial charge >= 0.3 is 11.7 Å². The number of hydrogen-bond acceptors (Lipinski definition) is 7. The van der Waals surface area contributed by atoms with Gasteiger partial charge < -0.3 is 19.8 Å². The highest BCUT2D eigenvalue weighted by molar-refractivity contribution is 5.97. The van der Waals surface area contributed by atoms with Gasteiger partial charge in [-0.1, -0.05) is 57.4 Å². The van der Waals surface area contributed by atoms with Gasteiger partial charge in [-0.15, -0.1) is 0 Å². The van der Waals surface area contributed by atoms with Crippen molar-refractivity contribution >= 4 is 28.7 Å². The van der Waals surface area contributed by atoms with E-state index in [-0.39, 0.29) is 36.7 Å². The number of fused-ring (bicyclic) bond motifs is 1. The number of aromatic nitrogens is 4. The predicted molar refractivity (Wildman–Crippen MR) is 133 cm³/mol. The molecule has 0 unspecified atom stereocenters. The molecule has 0 spiro atoms. The predicted octanol–water partition coefficient (Wildman–Crippen LogP) is 3.69. The van der Waals surface area contributed by atoms with Crippen molar-refractivity contribution in [1.29, 1.82) is 0 Å². The van der Waals surface area contributed by atoms with Gasteiger partial charge in [0.05, 0.1) is 13.2 Å². The van der Waals surface area contributed by atoms with Crippen molar-refractivity contribution in [2.45, 2.75) is 58.9 Å². The highest BCUT2D eigenvalue weighted by Gasteiger charge is 2.18. The number of carbonyl (C=O) groups excluding carboxylic acids is 2. The number of imidazole rings is 1. The number of nitrogens with one attached hydrogen (secondary N) is 2. The van der Waals surface area contributed by atoms with E-state index in [4.69, 9.17) is 9.47 Å². The minimum absolute atomic E-state index is 0.0347. The Labute approximate surface area is 204 Å².